The van der Waals surface area contributed by atoms with Crippen LogP contribution < -0.4 is 0 Å². The summed E-state index contributed by atoms with van der Waals surface area (Å²) in [6, 6.07) is 2.69. The molecule has 0 aliphatic heterocycles. The molecule has 98 valence electrons. The molecule has 0 bridgehead atoms. The second-order valence-corrected chi connectivity index (χ2v) is 7.26. The molecule has 1 rings (SSSR count). The first-order valence-corrected chi connectivity index (χ1v) is 7.64. The Labute approximate surface area is 112 Å². The van der Waals surface area contributed by atoms with Gasteiger partial charge < -0.3 is 0 Å². The Morgan fingerprint density at radius 3 is 2.47 bits per heavy atom. The van der Waals surface area contributed by atoms with Gasteiger partial charge in [-0.05, 0) is 12.1 Å². The van der Waals surface area contributed by atoms with Crippen molar-refractivity contribution in [3.05, 3.63) is 16.5 Å². The molecule has 0 saturated heterocycles. The second kappa shape index (κ2) is 6.29. The zero-order chi connectivity index (χ0) is 13.1. The molecule has 0 saturated carbocycles. The zero-order valence-corrected chi connectivity index (χ0v) is 11.6. The van der Waals surface area contributed by atoms with E-state index in [1.165, 1.54) is 12.1 Å². The van der Waals surface area contributed by atoms with Crippen molar-refractivity contribution in [2.45, 2.75) is 10.6 Å². The van der Waals surface area contributed by atoms with Crippen molar-refractivity contribution in [2.75, 3.05) is 19.0 Å². The first-order chi connectivity index (χ1) is 7.87. The molecule has 3 nitrogen and oxygen atoms in total. The molecule has 17 heavy (non-hydrogen) atoms. The Morgan fingerprint density at radius 1 is 1.41 bits per heavy atom. The van der Waals surface area contributed by atoms with E-state index in [0.29, 0.717) is 4.31 Å². The van der Waals surface area contributed by atoms with Gasteiger partial charge in [0.15, 0.2) is 0 Å². The third-order valence-corrected chi connectivity index (χ3v) is 5.55. The Morgan fingerprint density at radius 2 is 2.06 bits per heavy atom. The molecule has 1 heterocycles. The van der Waals surface area contributed by atoms with Crippen LogP contribution in [0.4, 0.5) is 8.78 Å². The van der Waals surface area contributed by atoms with Gasteiger partial charge in [0.2, 0.25) is 0 Å². The third-order valence-electron chi connectivity index (χ3n) is 1.82. The van der Waals surface area contributed by atoms with E-state index in [9.17, 15) is 17.2 Å². The largest absolute Gasteiger partial charge is 0.252 e. The lowest BCUT2D eigenvalue weighted by molar-refractivity contribution is 0.121. The van der Waals surface area contributed by atoms with Crippen molar-refractivity contribution < 1.29 is 17.2 Å². The van der Waals surface area contributed by atoms with Gasteiger partial charge >= 0.3 is 0 Å². The van der Waals surface area contributed by atoms with E-state index in [1.54, 1.807) is 0 Å². The van der Waals surface area contributed by atoms with E-state index >= 15 is 0 Å². The minimum absolute atomic E-state index is 0.0505. The Hall–Kier alpha value is 0.0500. The Kier molecular flexibility index (Phi) is 5.59. The van der Waals surface area contributed by atoms with Gasteiger partial charge in [-0.15, -0.1) is 22.9 Å². The average molecular weight is 324 g/mol. The summed E-state index contributed by atoms with van der Waals surface area (Å²) >= 11 is 11.8. The van der Waals surface area contributed by atoms with Crippen LogP contribution in [-0.2, 0) is 10.0 Å². The fourth-order valence-electron chi connectivity index (χ4n) is 1.12. The first kappa shape index (κ1) is 15.1. The molecular weight excluding hydrogens is 315 g/mol. The number of rotatable bonds is 6. The van der Waals surface area contributed by atoms with Crippen LogP contribution >= 0.6 is 34.5 Å². The summed E-state index contributed by atoms with van der Waals surface area (Å²) in [7, 11) is -3.93. The highest BCUT2D eigenvalue weighted by atomic mass is 35.5. The summed E-state index contributed by atoms with van der Waals surface area (Å²) in [5.74, 6) is -0.0505. The Bertz CT molecular complexity index is 464. The highest BCUT2D eigenvalue weighted by Crippen LogP contribution is 2.28. The van der Waals surface area contributed by atoms with Gasteiger partial charge in [0.25, 0.3) is 16.4 Å². The molecule has 0 unspecified atom stereocenters. The molecule has 0 aliphatic carbocycles. The van der Waals surface area contributed by atoms with Crippen LogP contribution in [0.1, 0.15) is 0 Å². The second-order valence-electron chi connectivity index (χ2n) is 3.00. The number of hydrogen-bond donors (Lipinski definition) is 0. The standard InChI is InChI=1S/C8H9Cl2F2NO2S2/c9-3-4-13(5-7(11)12)17(14,15)8-2-1-6(10)16-8/h1-2,7H,3-5H2. The van der Waals surface area contributed by atoms with Crippen LogP contribution in [0.5, 0.6) is 0 Å². The van der Waals surface area contributed by atoms with Crippen molar-refractivity contribution in [3.8, 4) is 0 Å². The third kappa shape index (κ3) is 4.03. The molecule has 0 atom stereocenters. The van der Waals surface area contributed by atoms with Crippen molar-refractivity contribution in [1.29, 1.82) is 0 Å². The summed E-state index contributed by atoms with van der Waals surface area (Å²) in [5.41, 5.74) is 0. The molecule has 0 aromatic carbocycles. The summed E-state index contributed by atoms with van der Waals surface area (Å²) in [6.45, 7) is -1.03. The van der Waals surface area contributed by atoms with Gasteiger partial charge in [-0.25, -0.2) is 17.2 Å². The van der Waals surface area contributed by atoms with Crippen LogP contribution in [0.2, 0.25) is 4.34 Å². The number of thiophene rings is 1. The van der Waals surface area contributed by atoms with Gasteiger partial charge in [0.1, 0.15) is 4.21 Å². The van der Waals surface area contributed by atoms with E-state index < -0.39 is 23.0 Å². The topological polar surface area (TPSA) is 37.4 Å². The van der Waals surface area contributed by atoms with Gasteiger partial charge in [0.05, 0.1) is 10.9 Å². The molecule has 0 aliphatic rings. The van der Waals surface area contributed by atoms with Crippen LogP contribution in [0.3, 0.4) is 0 Å². The van der Waals surface area contributed by atoms with Crippen molar-refractivity contribution in [2.24, 2.45) is 0 Å². The highest BCUT2D eigenvalue weighted by molar-refractivity contribution is 7.91. The molecule has 0 spiro atoms. The number of nitrogens with zero attached hydrogens (tertiary/aromatic N) is 1. The lowest BCUT2D eigenvalue weighted by Gasteiger charge is -2.19. The lowest BCUT2D eigenvalue weighted by Crippen LogP contribution is -2.36. The van der Waals surface area contributed by atoms with Gasteiger partial charge in [-0.1, -0.05) is 11.6 Å². The van der Waals surface area contributed by atoms with E-state index in [2.05, 4.69) is 0 Å². The molecule has 1 aromatic rings. The number of alkyl halides is 3. The smallest absolute Gasteiger partial charge is 0.209 e. The van der Waals surface area contributed by atoms with Gasteiger partial charge in [-0.3, -0.25) is 0 Å². The zero-order valence-electron chi connectivity index (χ0n) is 8.45. The first-order valence-electron chi connectivity index (χ1n) is 4.47. The number of halogens is 4. The van der Waals surface area contributed by atoms with E-state index in [-0.39, 0.29) is 21.0 Å². The van der Waals surface area contributed by atoms with Gasteiger partial charge in [0, 0.05) is 12.4 Å². The fourth-order valence-corrected chi connectivity index (χ4v) is 4.48. The molecular formula is C8H9Cl2F2NO2S2. The predicted octanol–water partition coefficient (Wildman–Crippen LogP) is 2.90. The average Bonchev–Trinajstić information content (AvgIpc) is 2.64. The van der Waals surface area contributed by atoms with Crippen LogP contribution in [0.15, 0.2) is 16.3 Å². The summed E-state index contributed by atoms with van der Waals surface area (Å²) in [4.78, 5) is 0. The molecule has 1 aromatic heterocycles. The summed E-state index contributed by atoms with van der Waals surface area (Å²) in [6.07, 6.45) is -2.75. The highest BCUT2D eigenvalue weighted by Gasteiger charge is 2.28. The van der Waals surface area contributed by atoms with E-state index in [0.717, 1.165) is 11.3 Å². The number of sulfonamides is 1. The fraction of sp³-hybridized carbons (Fsp3) is 0.500. The molecule has 0 fully saturated rings. The van der Waals surface area contributed by atoms with Crippen molar-refractivity contribution in [3.63, 3.8) is 0 Å². The minimum Gasteiger partial charge on any atom is -0.209 e. The normalized spacial score (nSPS) is 12.6. The number of hydrogen-bond acceptors (Lipinski definition) is 3. The lowest BCUT2D eigenvalue weighted by atomic mass is 10.6. The van der Waals surface area contributed by atoms with E-state index in [4.69, 9.17) is 23.2 Å². The SMILES string of the molecule is O=S(=O)(c1ccc(Cl)s1)N(CCCl)CC(F)F. The van der Waals surface area contributed by atoms with Gasteiger partial charge in [-0.2, -0.15) is 4.31 Å². The maximum Gasteiger partial charge on any atom is 0.252 e. The predicted molar refractivity (Wildman–Crippen MR) is 64.8 cm³/mol. The molecule has 9 heteroatoms. The molecule has 0 N–H and O–H groups in total. The quantitative estimate of drug-likeness (QED) is 0.755. The molecule has 0 amide bonds. The maximum atomic E-state index is 12.3. The van der Waals surface area contributed by atoms with Crippen molar-refractivity contribution >= 4 is 44.6 Å². The minimum atomic E-state index is -3.93. The van der Waals surface area contributed by atoms with Crippen LogP contribution in [0, 0.1) is 0 Å². The van der Waals surface area contributed by atoms with Crippen molar-refractivity contribution in [1.82, 2.24) is 4.31 Å². The van der Waals surface area contributed by atoms with Crippen LogP contribution in [0.25, 0.3) is 0 Å². The van der Waals surface area contributed by atoms with Crippen LogP contribution in [-0.4, -0.2) is 38.1 Å². The summed E-state index contributed by atoms with van der Waals surface area (Å²) < 4.78 is 49.4. The monoisotopic (exact) mass is 323 g/mol. The van der Waals surface area contributed by atoms with E-state index in [1.807, 2.05) is 0 Å². The maximum absolute atomic E-state index is 12.3. The Balaban J connectivity index is 2.99. The summed E-state index contributed by atoms with van der Waals surface area (Å²) in [5, 5.41) is 0. The molecule has 0 radical (unpaired) electrons.